The molecule has 2 rings (SSSR count). The molecule has 0 spiro atoms. The predicted molar refractivity (Wildman–Crippen MR) is 69.0 cm³/mol. The number of hydrogen-bond acceptors (Lipinski definition) is 4. The lowest BCUT2D eigenvalue weighted by atomic mass is 9.67. The molecule has 0 bridgehead atoms. The maximum Gasteiger partial charge on any atom is 0.314 e. The number of rotatable bonds is 3. The zero-order valence-corrected chi connectivity index (χ0v) is 11.4. The molecule has 1 heterocycles. The van der Waals surface area contributed by atoms with Gasteiger partial charge in [-0.1, -0.05) is 12.8 Å². The highest BCUT2D eigenvalue weighted by atomic mass is 32.2. The molecule has 0 unspecified atom stereocenters. The van der Waals surface area contributed by atoms with Crippen LogP contribution >= 0.6 is 11.8 Å². The van der Waals surface area contributed by atoms with Gasteiger partial charge in [0.25, 0.3) is 0 Å². The second-order valence-electron chi connectivity index (χ2n) is 5.15. The largest absolute Gasteiger partial charge is 0.465 e. The molecule has 0 amide bonds. The van der Waals surface area contributed by atoms with E-state index in [1.807, 2.05) is 18.7 Å². The molecule has 1 aliphatic heterocycles. The first-order valence-electron chi connectivity index (χ1n) is 6.62. The minimum atomic E-state index is -0.818. The number of carbonyl (C=O) groups excluding carboxylic acids is 1. The van der Waals surface area contributed by atoms with E-state index in [4.69, 9.17) is 4.74 Å². The van der Waals surface area contributed by atoms with E-state index >= 15 is 0 Å². The second kappa shape index (κ2) is 5.19. The van der Waals surface area contributed by atoms with E-state index in [2.05, 4.69) is 0 Å². The summed E-state index contributed by atoms with van der Waals surface area (Å²) in [5.74, 6) is 1.75. The SMILES string of the molecule is CCOC(=O)C1(C2(O)CCSCC2)CCCC1. The summed E-state index contributed by atoms with van der Waals surface area (Å²) in [5.41, 5.74) is -1.43. The Bertz CT molecular complexity index is 278. The standard InChI is InChI=1S/C13H22O3S/c1-2-16-11(14)12(5-3-4-6-12)13(15)7-9-17-10-8-13/h15H,2-10H2,1H3. The molecule has 1 N–H and O–H groups in total. The van der Waals surface area contributed by atoms with E-state index < -0.39 is 11.0 Å². The van der Waals surface area contributed by atoms with Gasteiger partial charge < -0.3 is 9.84 Å². The van der Waals surface area contributed by atoms with E-state index in [1.54, 1.807) is 0 Å². The van der Waals surface area contributed by atoms with Crippen molar-refractivity contribution in [2.45, 2.75) is 51.0 Å². The van der Waals surface area contributed by atoms with Gasteiger partial charge in [0, 0.05) is 0 Å². The average Bonchev–Trinajstić information content (AvgIpc) is 2.81. The van der Waals surface area contributed by atoms with Crippen LogP contribution in [0.1, 0.15) is 45.4 Å². The fourth-order valence-corrected chi connectivity index (χ4v) is 4.46. The molecule has 2 aliphatic rings. The molecule has 17 heavy (non-hydrogen) atoms. The minimum Gasteiger partial charge on any atom is -0.465 e. The van der Waals surface area contributed by atoms with E-state index in [0.29, 0.717) is 6.61 Å². The van der Waals surface area contributed by atoms with Crippen LogP contribution in [-0.4, -0.2) is 34.8 Å². The van der Waals surface area contributed by atoms with Crippen molar-refractivity contribution in [2.24, 2.45) is 5.41 Å². The summed E-state index contributed by atoms with van der Waals surface area (Å²) in [6, 6.07) is 0. The first kappa shape index (κ1) is 13.2. The zero-order valence-electron chi connectivity index (χ0n) is 10.5. The summed E-state index contributed by atoms with van der Waals surface area (Å²) in [5, 5.41) is 10.9. The summed E-state index contributed by atoms with van der Waals surface area (Å²) >= 11 is 1.87. The normalized spacial score (nSPS) is 26.7. The van der Waals surface area contributed by atoms with Gasteiger partial charge in [0.2, 0.25) is 0 Å². The van der Waals surface area contributed by atoms with Gasteiger partial charge in [0.1, 0.15) is 0 Å². The molecule has 1 saturated carbocycles. The van der Waals surface area contributed by atoms with Crippen molar-refractivity contribution in [1.82, 2.24) is 0 Å². The first-order valence-corrected chi connectivity index (χ1v) is 7.77. The van der Waals surface area contributed by atoms with Gasteiger partial charge in [-0.15, -0.1) is 0 Å². The van der Waals surface area contributed by atoms with Gasteiger partial charge in [0.15, 0.2) is 0 Å². The number of hydrogen-bond donors (Lipinski definition) is 1. The van der Waals surface area contributed by atoms with Crippen molar-refractivity contribution < 1.29 is 14.6 Å². The molecule has 0 aromatic rings. The fraction of sp³-hybridized carbons (Fsp3) is 0.923. The molecular formula is C13H22O3S. The van der Waals surface area contributed by atoms with Gasteiger partial charge in [-0.2, -0.15) is 11.8 Å². The van der Waals surface area contributed by atoms with E-state index in [0.717, 1.165) is 50.0 Å². The highest BCUT2D eigenvalue weighted by molar-refractivity contribution is 7.99. The Morgan fingerprint density at radius 2 is 1.82 bits per heavy atom. The van der Waals surface area contributed by atoms with E-state index in [-0.39, 0.29) is 5.97 Å². The number of esters is 1. The lowest BCUT2D eigenvalue weighted by Gasteiger charge is -2.45. The van der Waals surface area contributed by atoms with Crippen molar-refractivity contribution >= 4 is 17.7 Å². The minimum absolute atomic E-state index is 0.160. The van der Waals surface area contributed by atoms with Crippen LogP contribution in [0.2, 0.25) is 0 Å². The molecule has 4 heteroatoms. The number of thioether (sulfide) groups is 1. The Hall–Kier alpha value is -0.220. The Balaban J connectivity index is 2.23. The van der Waals surface area contributed by atoms with Gasteiger partial charge in [-0.05, 0) is 44.1 Å². The predicted octanol–water partition coefficient (Wildman–Crippen LogP) is 2.37. The van der Waals surface area contributed by atoms with Crippen LogP contribution in [0.3, 0.4) is 0 Å². The fourth-order valence-electron chi connectivity index (χ4n) is 3.29. The second-order valence-corrected chi connectivity index (χ2v) is 6.38. The topological polar surface area (TPSA) is 46.5 Å². The van der Waals surface area contributed by atoms with E-state index in [9.17, 15) is 9.90 Å². The monoisotopic (exact) mass is 258 g/mol. The third-order valence-electron chi connectivity index (χ3n) is 4.33. The van der Waals surface area contributed by atoms with Crippen molar-refractivity contribution in [3.63, 3.8) is 0 Å². The Labute approximate surface area is 107 Å². The molecule has 1 aliphatic carbocycles. The van der Waals surface area contributed by atoms with Crippen LogP contribution in [0.4, 0.5) is 0 Å². The molecule has 98 valence electrons. The van der Waals surface area contributed by atoms with E-state index in [1.165, 1.54) is 0 Å². The average molecular weight is 258 g/mol. The zero-order chi connectivity index (χ0) is 12.4. The van der Waals surface area contributed by atoms with Crippen LogP contribution < -0.4 is 0 Å². The molecule has 0 radical (unpaired) electrons. The van der Waals surface area contributed by atoms with Crippen molar-refractivity contribution in [3.05, 3.63) is 0 Å². The van der Waals surface area contributed by atoms with Crippen molar-refractivity contribution in [2.75, 3.05) is 18.1 Å². The summed E-state index contributed by atoms with van der Waals surface area (Å²) in [6.45, 7) is 2.24. The summed E-state index contributed by atoms with van der Waals surface area (Å²) in [4.78, 5) is 12.3. The Morgan fingerprint density at radius 3 is 2.35 bits per heavy atom. The molecule has 0 aromatic carbocycles. The van der Waals surface area contributed by atoms with Crippen LogP contribution in [0, 0.1) is 5.41 Å². The van der Waals surface area contributed by atoms with Gasteiger partial charge in [-0.3, -0.25) is 4.79 Å². The number of aliphatic hydroxyl groups is 1. The highest BCUT2D eigenvalue weighted by Gasteiger charge is 2.57. The van der Waals surface area contributed by atoms with Crippen molar-refractivity contribution in [1.29, 1.82) is 0 Å². The molecule has 2 fully saturated rings. The number of ether oxygens (including phenoxy) is 1. The molecular weight excluding hydrogens is 236 g/mol. The third kappa shape index (κ3) is 2.22. The van der Waals surface area contributed by atoms with Gasteiger partial charge in [0.05, 0.1) is 17.6 Å². The van der Waals surface area contributed by atoms with Crippen LogP contribution in [0.25, 0.3) is 0 Å². The first-order chi connectivity index (χ1) is 8.15. The maximum absolute atomic E-state index is 12.3. The molecule has 3 nitrogen and oxygen atoms in total. The molecule has 0 aromatic heterocycles. The quantitative estimate of drug-likeness (QED) is 0.789. The molecule has 0 atom stereocenters. The Kier molecular flexibility index (Phi) is 4.03. The summed E-state index contributed by atoms with van der Waals surface area (Å²) in [6.07, 6.45) is 5.13. The van der Waals surface area contributed by atoms with Crippen LogP contribution in [0.15, 0.2) is 0 Å². The third-order valence-corrected chi connectivity index (χ3v) is 5.32. The summed E-state index contributed by atoms with van der Waals surface area (Å²) < 4.78 is 5.24. The Morgan fingerprint density at radius 1 is 1.24 bits per heavy atom. The van der Waals surface area contributed by atoms with Gasteiger partial charge >= 0.3 is 5.97 Å². The van der Waals surface area contributed by atoms with Crippen LogP contribution in [-0.2, 0) is 9.53 Å². The maximum atomic E-state index is 12.3. The highest BCUT2D eigenvalue weighted by Crippen LogP contribution is 2.52. The lowest BCUT2D eigenvalue weighted by molar-refractivity contribution is -0.176. The lowest BCUT2D eigenvalue weighted by Crippen LogP contribution is -2.54. The van der Waals surface area contributed by atoms with Crippen molar-refractivity contribution in [3.8, 4) is 0 Å². The van der Waals surface area contributed by atoms with Crippen LogP contribution in [0.5, 0.6) is 0 Å². The summed E-state index contributed by atoms with van der Waals surface area (Å²) in [7, 11) is 0. The number of carbonyl (C=O) groups is 1. The molecule has 1 saturated heterocycles. The van der Waals surface area contributed by atoms with Gasteiger partial charge in [-0.25, -0.2) is 0 Å². The smallest absolute Gasteiger partial charge is 0.314 e.